The van der Waals surface area contributed by atoms with E-state index in [1.54, 1.807) is 42.5 Å². The number of methoxy groups -OCH3 is 2. The van der Waals surface area contributed by atoms with E-state index in [-0.39, 0.29) is 28.7 Å². The molecule has 1 amide bonds. The molecule has 3 aromatic rings. The Hall–Kier alpha value is -3.59. The number of carbonyl (C=O) groups is 1. The van der Waals surface area contributed by atoms with Crippen LogP contribution in [0.5, 0.6) is 11.5 Å². The summed E-state index contributed by atoms with van der Waals surface area (Å²) < 4.78 is 51.6. The zero-order chi connectivity index (χ0) is 23.1. The van der Waals surface area contributed by atoms with Crippen molar-refractivity contribution in [1.29, 1.82) is 0 Å². The fourth-order valence-electron chi connectivity index (χ4n) is 3.00. The summed E-state index contributed by atoms with van der Waals surface area (Å²) in [5, 5.41) is 2.67. The zero-order valence-electron chi connectivity index (χ0n) is 17.6. The van der Waals surface area contributed by atoms with Gasteiger partial charge in [-0.1, -0.05) is 30.3 Å². The molecule has 0 atom stereocenters. The van der Waals surface area contributed by atoms with Crippen LogP contribution >= 0.6 is 0 Å². The number of anilines is 1. The van der Waals surface area contributed by atoms with Gasteiger partial charge in [-0.3, -0.25) is 9.10 Å². The molecule has 1 N–H and O–H groups in total. The van der Waals surface area contributed by atoms with Crippen molar-refractivity contribution in [1.82, 2.24) is 5.32 Å². The summed E-state index contributed by atoms with van der Waals surface area (Å²) in [6, 6.07) is 18.1. The van der Waals surface area contributed by atoms with Crippen molar-refractivity contribution in [3.05, 3.63) is 84.2 Å². The van der Waals surface area contributed by atoms with E-state index in [2.05, 4.69) is 5.32 Å². The average Bonchev–Trinajstić information content (AvgIpc) is 2.82. The minimum Gasteiger partial charge on any atom is -0.497 e. The molecule has 0 fully saturated rings. The number of amides is 1. The highest BCUT2D eigenvalue weighted by molar-refractivity contribution is 7.92. The van der Waals surface area contributed by atoms with Gasteiger partial charge in [-0.05, 0) is 42.0 Å². The van der Waals surface area contributed by atoms with E-state index < -0.39 is 22.5 Å². The molecular formula is C23H23FN2O5S. The van der Waals surface area contributed by atoms with Gasteiger partial charge in [-0.15, -0.1) is 0 Å². The Labute approximate surface area is 186 Å². The van der Waals surface area contributed by atoms with Crippen LogP contribution in [-0.4, -0.2) is 35.1 Å². The quantitative estimate of drug-likeness (QED) is 0.532. The molecule has 32 heavy (non-hydrogen) atoms. The van der Waals surface area contributed by atoms with E-state index in [1.807, 2.05) is 0 Å². The number of sulfonamides is 1. The van der Waals surface area contributed by atoms with E-state index in [0.717, 1.165) is 4.31 Å². The fourth-order valence-corrected chi connectivity index (χ4v) is 4.44. The van der Waals surface area contributed by atoms with Crippen molar-refractivity contribution in [2.24, 2.45) is 0 Å². The van der Waals surface area contributed by atoms with Crippen LogP contribution in [0.3, 0.4) is 0 Å². The molecule has 0 unspecified atom stereocenters. The summed E-state index contributed by atoms with van der Waals surface area (Å²) in [5.74, 6) is -0.263. The molecule has 7 nitrogen and oxygen atoms in total. The van der Waals surface area contributed by atoms with Gasteiger partial charge in [-0.2, -0.15) is 0 Å². The van der Waals surface area contributed by atoms with E-state index in [4.69, 9.17) is 9.47 Å². The largest absolute Gasteiger partial charge is 0.497 e. The standard InChI is InChI=1S/C23H23FN2O5S/c1-30-19-12-13-22(31-2)21(14-19)26(32(28,29)20-6-4-3-5-7-20)16-23(27)25-15-17-8-10-18(24)11-9-17/h3-14H,15-16H2,1-2H3,(H,25,27). The third-order valence-electron chi connectivity index (χ3n) is 4.68. The summed E-state index contributed by atoms with van der Waals surface area (Å²) in [5.41, 5.74) is 0.837. The molecule has 0 aromatic heterocycles. The predicted molar refractivity (Wildman–Crippen MR) is 119 cm³/mol. The van der Waals surface area contributed by atoms with Gasteiger partial charge in [0.1, 0.15) is 23.9 Å². The lowest BCUT2D eigenvalue weighted by Crippen LogP contribution is -2.40. The average molecular weight is 459 g/mol. The number of benzene rings is 3. The number of hydrogen-bond acceptors (Lipinski definition) is 5. The number of nitrogens with zero attached hydrogens (tertiary/aromatic N) is 1. The predicted octanol–water partition coefficient (Wildman–Crippen LogP) is 3.35. The molecule has 0 aliphatic rings. The van der Waals surface area contributed by atoms with Crippen LogP contribution in [0, 0.1) is 5.82 Å². The van der Waals surface area contributed by atoms with Gasteiger partial charge in [0.25, 0.3) is 10.0 Å². The number of ether oxygens (including phenoxy) is 2. The van der Waals surface area contributed by atoms with Crippen LogP contribution in [0.2, 0.25) is 0 Å². The second-order valence-corrected chi connectivity index (χ2v) is 8.63. The van der Waals surface area contributed by atoms with Crippen LogP contribution in [0.25, 0.3) is 0 Å². The molecular weight excluding hydrogens is 435 g/mol. The minimum atomic E-state index is -4.11. The fraction of sp³-hybridized carbons (Fsp3) is 0.174. The van der Waals surface area contributed by atoms with Gasteiger partial charge in [0, 0.05) is 12.6 Å². The maximum absolute atomic E-state index is 13.5. The van der Waals surface area contributed by atoms with Crippen molar-refractivity contribution in [3.63, 3.8) is 0 Å². The Morgan fingerprint density at radius 1 is 0.969 bits per heavy atom. The topological polar surface area (TPSA) is 84.9 Å². The lowest BCUT2D eigenvalue weighted by molar-refractivity contribution is -0.119. The second-order valence-electron chi connectivity index (χ2n) is 6.77. The molecule has 168 valence electrons. The number of nitrogens with one attached hydrogen (secondary N) is 1. The SMILES string of the molecule is COc1ccc(OC)c(N(CC(=O)NCc2ccc(F)cc2)S(=O)(=O)c2ccccc2)c1. The molecule has 0 aliphatic heterocycles. The molecule has 3 rings (SSSR count). The minimum absolute atomic E-state index is 0.0243. The molecule has 0 saturated heterocycles. The number of hydrogen-bond donors (Lipinski definition) is 1. The van der Waals surface area contributed by atoms with E-state index >= 15 is 0 Å². The first-order chi connectivity index (χ1) is 15.3. The zero-order valence-corrected chi connectivity index (χ0v) is 18.4. The van der Waals surface area contributed by atoms with Gasteiger partial charge >= 0.3 is 0 Å². The first-order valence-electron chi connectivity index (χ1n) is 9.66. The molecule has 3 aromatic carbocycles. The molecule has 0 aliphatic carbocycles. The summed E-state index contributed by atoms with van der Waals surface area (Å²) in [6.07, 6.45) is 0. The van der Waals surface area contributed by atoms with Crippen molar-refractivity contribution in [2.75, 3.05) is 25.1 Å². The summed E-state index contributed by atoms with van der Waals surface area (Å²) in [7, 11) is -1.24. The van der Waals surface area contributed by atoms with E-state index in [0.29, 0.717) is 11.3 Å². The Balaban J connectivity index is 1.94. The Kier molecular flexibility index (Phi) is 7.32. The maximum atomic E-state index is 13.5. The van der Waals surface area contributed by atoms with Crippen molar-refractivity contribution < 1.29 is 27.1 Å². The van der Waals surface area contributed by atoms with Gasteiger partial charge < -0.3 is 14.8 Å². The maximum Gasteiger partial charge on any atom is 0.264 e. The number of halogens is 1. The highest BCUT2D eigenvalue weighted by Crippen LogP contribution is 2.35. The third-order valence-corrected chi connectivity index (χ3v) is 6.45. The lowest BCUT2D eigenvalue weighted by atomic mass is 10.2. The normalized spacial score (nSPS) is 11.0. The molecule has 0 bridgehead atoms. The van der Waals surface area contributed by atoms with Crippen LogP contribution < -0.4 is 19.1 Å². The lowest BCUT2D eigenvalue weighted by Gasteiger charge is -2.26. The van der Waals surface area contributed by atoms with Crippen molar-refractivity contribution in [3.8, 4) is 11.5 Å². The Morgan fingerprint density at radius 3 is 2.28 bits per heavy atom. The van der Waals surface area contributed by atoms with Crippen LogP contribution in [0.4, 0.5) is 10.1 Å². The monoisotopic (exact) mass is 458 g/mol. The summed E-state index contributed by atoms with van der Waals surface area (Å²) >= 11 is 0. The molecule has 9 heteroatoms. The molecule has 0 saturated carbocycles. The van der Waals surface area contributed by atoms with E-state index in [9.17, 15) is 17.6 Å². The van der Waals surface area contributed by atoms with Crippen LogP contribution in [0.1, 0.15) is 5.56 Å². The highest BCUT2D eigenvalue weighted by atomic mass is 32.2. The number of rotatable bonds is 9. The Bertz CT molecular complexity index is 1170. The third kappa shape index (κ3) is 5.36. The van der Waals surface area contributed by atoms with Gasteiger partial charge in [0.2, 0.25) is 5.91 Å². The summed E-state index contributed by atoms with van der Waals surface area (Å²) in [4.78, 5) is 12.8. The van der Waals surface area contributed by atoms with Crippen LogP contribution in [0.15, 0.2) is 77.7 Å². The molecule has 0 heterocycles. The smallest absolute Gasteiger partial charge is 0.264 e. The second kappa shape index (κ2) is 10.1. The highest BCUT2D eigenvalue weighted by Gasteiger charge is 2.29. The van der Waals surface area contributed by atoms with Crippen molar-refractivity contribution in [2.45, 2.75) is 11.4 Å². The van der Waals surface area contributed by atoms with E-state index in [1.165, 1.54) is 44.6 Å². The van der Waals surface area contributed by atoms with Crippen molar-refractivity contribution >= 4 is 21.6 Å². The molecule has 0 spiro atoms. The van der Waals surface area contributed by atoms with Crippen LogP contribution in [-0.2, 0) is 21.4 Å². The Morgan fingerprint density at radius 2 is 1.66 bits per heavy atom. The number of carbonyl (C=O) groups excluding carboxylic acids is 1. The van der Waals surface area contributed by atoms with Gasteiger partial charge in [-0.25, -0.2) is 12.8 Å². The molecule has 0 radical (unpaired) electrons. The first kappa shape index (κ1) is 23.1. The van der Waals surface area contributed by atoms with Gasteiger partial charge in [0.15, 0.2) is 0 Å². The first-order valence-corrected chi connectivity index (χ1v) is 11.1. The van der Waals surface area contributed by atoms with Gasteiger partial charge in [0.05, 0.1) is 24.8 Å². The summed E-state index contributed by atoms with van der Waals surface area (Å²) in [6.45, 7) is -0.379.